The van der Waals surface area contributed by atoms with Crippen LogP contribution >= 0.6 is 11.8 Å². The summed E-state index contributed by atoms with van der Waals surface area (Å²) in [6.07, 6.45) is 2.77. The minimum absolute atomic E-state index is 0.147. The van der Waals surface area contributed by atoms with Gasteiger partial charge in [-0.05, 0) is 55.4 Å². The van der Waals surface area contributed by atoms with Crippen LogP contribution in [0.1, 0.15) is 19.3 Å². The van der Waals surface area contributed by atoms with Crippen LogP contribution in [0.25, 0.3) is 0 Å². The number of amides is 1. The van der Waals surface area contributed by atoms with E-state index in [4.69, 9.17) is 0 Å². The molecule has 2 saturated carbocycles. The Morgan fingerprint density at radius 1 is 0.923 bits per heavy atom. The molecular formula is C21H21NO3S. The van der Waals surface area contributed by atoms with Crippen molar-refractivity contribution in [2.75, 3.05) is 5.32 Å². The van der Waals surface area contributed by atoms with E-state index >= 15 is 0 Å². The highest BCUT2D eigenvalue weighted by atomic mass is 32.2. The monoisotopic (exact) mass is 367 g/mol. The maximum atomic E-state index is 12.9. The third-order valence-corrected chi connectivity index (χ3v) is 6.70. The zero-order valence-corrected chi connectivity index (χ0v) is 15.1. The number of carboxylic acid groups (broad SMARTS) is 1. The molecule has 2 aliphatic rings. The fourth-order valence-corrected chi connectivity index (χ4v) is 5.44. The van der Waals surface area contributed by atoms with Gasteiger partial charge in [0.25, 0.3) is 0 Å². The predicted molar refractivity (Wildman–Crippen MR) is 101 cm³/mol. The first-order chi connectivity index (χ1) is 12.6. The molecule has 0 aromatic heterocycles. The Kier molecular flexibility index (Phi) is 4.72. The van der Waals surface area contributed by atoms with Crippen LogP contribution < -0.4 is 5.32 Å². The Hall–Kier alpha value is -2.27. The molecule has 0 spiro atoms. The number of hydrogen-bond donors (Lipinski definition) is 2. The highest BCUT2D eigenvalue weighted by molar-refractivity contribution is 7.99. The second-order valence-corrected chi connectivity index (χ2v) is 8.24. The second kappa shape index (κ2) is 7.16. The molecule has 2 N–H and O–H groups in total. The number of carbonyl (C=O) groups is 2. The molecular weight excluding hydrogens is 346 g/mol. The number of nitrogens with one attached hydrogen (secondary N) is 1. The minimum Gasteiger partial charge on any atom is -0.481 e. The van der Waals surface area contributed by atoms with Gasteiger partial charge in [0.05, 0.1) is 17.5 Å². The fourth-order valence-electron chi connectivity index (χ4n) is 4.51. The number of hydrogen-bond acceptors (Lipinski definition) is 3. The van der Waals surface area contributed by atoms with E-state index in [0.717, 1.165) is 34.7 Å². The van der Waals surface area contributed by atoms with Gasteiger partial charge in [-0.1, -0.05) is 42.1 Å². The van der Waals surface area contributed by atoms with Crippen molar-refractivity contribution in [3.05, 3.63) is 54.6 Å². The topological polar surface area (TPSA) is 66.4 Å². The van der Waals surface area contributed by atoms with E-state index in [1.54, 1.807) is 11.8 Å². The van der Waals surface area contributed by atoms with Gasteiger partial charge in [-0.3, -0.25) is 9.59 Å². The lowest BCUT2D eigenvalue weighted by molar-refractivity contribution is -0.148. The molecule has 2 aromatic carbocycles. The average molecular weight is 367 g/mol. The number of carboxylic acids is 1. The summed E-state index contributed by atoms with van der Waals surface area (Å²) in [6, 6.07) is 17.7. The fraction of sp³-hybridized carbons (Fsp3) is 0.333. The zero-order valence-electron chi connectivity index (χ0n) is 14.3. The van der Waals surface area contributed by atoms with Gasteiger partial charge >= 0.3 is 5.97 Å². The number of aliphatic carboxylic acids is 1. The van der Waals surface area contributed by atoms with Gasteiger partial charge < -0.3 is 10.4 Å². The summed E-state index contributed by atoms with van der Waals surface area (Å²) in [6.45, 7) is 0. The zero-order chi connectivity index (χ0) is 18.1. The molecule has 1 amide bonds. The van der Waals surface area contributed by atoms with Gasteiger partial charge in [-0.25, -0.2) is 0 Å². The van der Waals surface area contributed by atoms with Crippen molar-refractivity contribution in [3.63, 3.8) is 0 Å². The smallest absolute Gasteiger partial charge is 0.307 e. The number of para-hydroxylation sites is 1. The van der Waals surface area contributed by atoms with Crippen LogP contribution in [-0.4, -0.2) is 17.0 Å². The van der Waals surface area contributed by atoms with Crippen LogP contribution in [0.15, 0.2) is 64.4 Å². The summed E-state index contributed by atoms with van der Waals surface area (Å²) in [5.41, 5.74) is 0.748. The van der Waals surface area contributed by atoms with Crippen molar-refractivity contribution >= 4 is 29.3 Å². The molecule has 134 valence electrons. The van der Waals surface area contributed by atoms with Crippen LogP contribution in [-0.2, 0) is 9.59 Å². The molecule has 4 atom stereocenters. The van der Waals surface area contributed by atoms with Crippen LogP contribution in [0, 0.1) is 23.7 Å². The van der Waals surface area contributed by atoms with Crippen molar-refractivity contribution in [3.8, 4) is 0 Å². The van der Waals surface area contributed by atoms with Gasteiger partial charge in [0.15, 0.2) is 0 Å². The Morgan fingerprint density at radius 3 is 2.31 bits per heavy atom. The molecule has 0 saturated heterocycles. The molecule has 4 rings (SSSR count). The Morgan fingerprint density at radius 2 is 1.58 bits per heavy atom. The molecule has 2 aromatic rings. The number of rotatable bonds is 5. The first-order valence-corrected chi connectivity index (χ1v) is 9.80. The summed E-state index contributed by atoms with van der Waals surface area (Å²) in [5.74, 6) is -1.57. The third-order valence-electron chi connectivity index (χ3n) is 5.62. The number of fused-ring (bicyclic) bond motifs is 2. The van der Waals surface area contributed by atoms with E-state index in [0.29, 0.717) is 0 Å². The summed E-state index contributed by atoms with van der Waals surface area (Å²) in [5, 5.41) is 12.6. The van der Waals surface area contributed by atoms with Crippen LogP contribution in [0.4, 0.5) is 5.69 Å². The Labute approximate surface area is 157 Å². The molecule has 2 bridgehead atoms. The molecule has 0 unspecified atom stereocenters. The molecule has 0 aliphatic heterocycles. The molecule has 5 heteroatoms. The quantitative estimate of drug-likeness (QED) is 0.815. The van der Waals surface area contributed by atoms with Crippen LogP contribution in [0.3, 0.4) is 0 Å². The van der Waals surface area contributed by atoms with Crippen molar-refractivity contribution in [2.45, 2.75) is 29.1 Å². The van der Waals surface area contributed by atoms with E-state index < -0.39 is 17.8 Å². The Bertz CT molecular complexity index is 823. The van der Waals surface area contributed by atoms with Gasteiger partial charge in [0, 0.05) is 9.79 Å². The van der Waals surface area contributed by atoms with Crippen LogP contribution in [0.5, 0.6) is 0 Å². The third kappa shape index (κ3) is 3.23. The average Bonchev–Trinajstić information content (AvgIpc) is 3.25. The number of benzene rings is 2. The standard InChI is InChI=1S/C21H21NO3S/c23-20(18-13-10-11-14(12-13)19(18)21(24)25)22-16-8-4-5-9-17(16)26-15-6-2-1-3-7-15/h1-9,13-14,18-19H,10-12H2,(H,22,23)(H,24,25)/t13-,14+,18-,19+/m0/s1. The lowest BCUT2D eigenvalue weighted by Crippen LogP contribution is -2.37. The lowest BCUT2D eigenvalue weighted by atomic mass is 9.78. The second-order valence-electron chi connectivity index (χ2n) is 7.12. The maximum Gasteiger partial charge on any atom is 0.307 e. The minimum atomic E-state index is -0.829. The van der Waals surface area contributed by atoms with Crippen molar-refractivity contribution in [1.82, 2.24) is 0 Å². The summed E-state index contributed by atoms with van der Waals surface area (Å²) in [7, 11) is 0. The first-order valence-electron chi connectivity index (χ1n) is 8.99. The highest BCUT2D eigenvalue weighted by Crippen LogP contribution is 2.52. The molecule has 2 aliphatic carbocycles. The van der Waals surface area contributed by atoms with Gasteiger partial charge in [0.1, 0.15) is 0 Å². The van der Waals surface area contributed by atoms with Crippen molar-refractivity contribution in [2.24, 2.45) is 23.7 Å². The number of anilines is 1. The van der Waals surface area contributed by atoms with E-state index in [-0.39, 0.29) is 17.7 Å². The summed E-state index contributed by atoms with van der Waals surface area (Å²) < 4.78 is 0. The first kappa shape index (κ1) is 17.2. The van der Waals surface area contributed by atoms with Gasteiger partial charge in [-0.15, -0.1) is 0 Å². The summed E-state index contributed by atoms with van der Waals surface area (Å²) >= 11 is 1.59. The van der Waals surface area contributed by atoms with E-state index in [9.17, 15) is 14.7 Å². The van der Waals surface area contributed by atoms with Gasteiger partial charge in [-0.2, -0.15) is 0 Å². The normalized spacial score (nSPS) is 26.6. The van der Waals surface area contributed by atoms with E-state index in [2.05, 4.69) is 5.32 Å². The maximum absolute atomic E-state index is 12.9. The van der Waals surface area contributed by atoms with Crippen molar-refractivity contribution in [1.29, 1.82) is 0 Å². The van der Waals surface area contributed by atoms with E-state index in [1.165, 1.54) is 0 Å². The van der Waals surface area contributed by atoms with Crippen molar-refractivity contribution < 1.29 is 14.7 Å². The molecule has 4 nitrogen and oxygen atoms in total. The van der Waals surface area contributed by atoms with Crippen LogP contribution in [0.2, 0.25) is 0 Å². The SMILES string of the molecule is O=C(O)[C@@H]1[C@@H]2CC[C@@H](C2)[C@@H]1C(=O)Nc1ccccc1Sc1ccccc1. The largest absolute Gasteiger partial charge is 0.481 e. The lowest BCUT2D eigenvalue weighted by Gasteiger charge is -2.27. The molecule has 2 fully saturated rings. The molecule has 0 radical (unpaired) electrons. The highest BCUT2D eigenvalue weighted by Gasteiger charge is 2.54. The Balaban J connectivity index is 1.54. The number of carbonyl (C=O) groups excluding carboxylic acids is 1. The summed E-state index contributed by atoms with van der Waals surface area (Å²) in [4.78, 5) is 26.7. The molecule has 0 heterocycles. The predicted octanol–water partition coefficient (Wildman–Crippen LogP) is 4.52. The van der Waals surface area contributed by atoms with Gasteiger partial charge in [0.2, 0.25) is 5.91 Å². The van der Waals surface area contributed by atoms with E-state index in [1.807, 2.05) is 54.6 Å². The molecule has 26 heavy (non-hydrogen) atoms.